The van der Waals surface area contributed by atoms with E-state index in [0.29, 0.717) is 5.56 Å². The SMILES string of the molecule is CCCCCSc1nnc(C)c(C)c1C#N. The number of unbranched alkanes of at least 4 members (excludes halogenated alkanes) is 2. The van der Waals surface area contributed by atoms with Gasteiger partial charge in [-0.2, -0.15) is 10.4 Å². The van der Waals surface area contributed by atoms with Crippen LogP contribution >= 0.6 is 11.8 Å². The Labute approximate surface area is 101 Å². The van der Waals surface area contributed by atoms with Crippen molar-refractivity contribution in [2.45, 2.75) is 45.1 Å². The van der Waals surface area contributed by atoms with Gasteiger partial charge in [0, 0.05) is 0 Å². The van der Waals surface area contributed by atoms with Gasteiger partial charge in [0.05, 0.1) is 11.3 Å². The lowest BCUT2D eigenvalue weighted by atomic mass is 10.1. The third-order valence-electron chi connectivity index (χ3n) is 2.52. The van der Waals surface area contributed by atoms with Gasteiger partial charge in [-0.1, -0.05) is 19.8 Å². The van der Waals surface area contributed by atoms with Crippen molar-refractivity contribution in [2.24, 2.45) is 0 Å². The molecule has 0 spiro atoms. The molecule has 0 N–H and O–H groups in total. The third-order valence-corrected chi connectivity index (χ3v) is 3.57. The van der Waals surface area contributed by atoms with Crippen LogP contribution in [0.25, 0.3) is 0 Å². The summed E-state index contributed by atoms with van der Waals surface area (Å²) >= 11 is 1.64. The monoisotopic (exact) mass is 235 g/mol. The smallest absolute Gasteiger partial charge is 0.137 e. The van der Waals surface area contributed by atoms with Crippen molar-refractivity contribution in [1.82, 2.24) is 10.2 Å². The summed E-state index contributed by atoms with van der Waals surface area (Å²) in [6.45, 7) is 5.99. The van der Waals surface area contributed by atoms with Crippen molar-refractivity contribution < 1.29 is 0 Å². The Morgan fingerprint density at radius 2 is 2.00 bits per heavy atom. The number of nitrogens with zero attached hydrogens (tertiary/aromatic N) is 3. The van der Waals surface area contributed by atoms with Crippen LogP contribution < -0.4 is 0 Å². The highest BCUT2D eigenvalue weighted by atomic mass is 32.2. The zero-order valence-electron chi connectivity index (χ0n) is 10.1. The van der Waals surface area contributed by atoms with Crippen molar-refractivity contribution in [3.8, 4) is 6.07 Å². The summed E-state index contributed by atoms with van der Waals surface area (Å²) in [5.74, 6) is 1.01. The molecule has 0 radical (unpaired) electrons. The highest BCUT2D eigenvalue weighted by Crippen LogP contribution is 2.23. The number of aryl methyl sites for hydroxylation is 1. The first-order chi connectivity index (χ1) is 7.70. The van der Waals surface area contributed by atoms with Gasteiger partial charge in [0.1, 0.15) is 11.1 Å². The van der Waals surface area contributed by atoms with E-state index in [1.807, 2.05) is 13.8 Å². The summed E-state index contributed by atoms with van der Waals surface area (Å²) in [5.41, 5.74) is 2.49. The Morgan fingerprint density at radius 1 is 1.25 bits per heavy atom. The number of hydrogen-bond acceptors (Lipinski definition) is 4. The number of thioether (sulfide) groups is 1. The Morgan fingerprint density at radius 3 is 2.62 bits per heavy atom. The summed E-state index contributed by atoms with van der Waals surface area (Å²) in [4.78, 5) is 0. The van der Waals surface area contributed by atoms with E-state index in [0.717, 1.165) is 22.0 Å². The van der Waals surface area contributed by atoms with Crippen LogP contribution in [0.1, 0.15) is 43.0 Å². The van der Waals surface area contributed by atoms with E-state index >= 15 is 0 Å². The minimum atomic E-state index is 0.689. The van der Waals surface area contributed by atoms with Gasteiger partial charge >= 0.3 is 0 Å². The third kappa shape index (κ3) is 3.21. The van der Waals surface area contributed by atoms with Crippen LogP contribution in [-0.2, 0) is 0 Å². The molecule has 0 amide bonds. The molecule has 0 unspecified atom stereocenters. The van der Waals surface area contributed by atoms with Crippen LogP contribution in [0.4, 0.5) is 0 Å². The number of aromatic nitrogens is 2. The minimum absolute atomic E-state index is 0.689. The first-order valence-electron chi connectivity index (χ1n) is 5.57. The molecular formula is C12H17N3S. The molecule has 0 saturated carbocycles. The summed E-state index contributed by atoms with van der Waals surface area (Å²) in [5, 5.41) is 18.0. The molecule has 0 aliphatic rings. The van der Waals surface area contributed by atoms with Gasteiger partial charge in [-0.05, 0) is 31.6 Å². The minimum Gasteiger partial charge on any atom is -0.192 e. The Balaban J connectivity index is 2.73. The van der Waals surface area contributed by atoms with E-state index in [1.54, 1.807) is 11.8 Å². The van der Waals surface area contributed by atoms with Crippen LogP contribution in [0.2, 0.25) is 0 Å². The molecule has 16 heavy (non-hydrogen) atoms. The quantitative estimate of drug-likeness (QED) is 0.580. The molecule has 0 bridgehead atoms. The molecule has 4 heteroatoms. The van der Waals surface area contributed by atoms with E-state index in [9.17, 15) is 0 Å². The van der Waals surface area contributed by atoms with Gasteiger partial charge in [0.25, 0.3) is 0 Å². The van der Waals surface area contributed by atoms with Gasteiger partial charge in [-0.25, -0.2) is 0 Å². The van der Waals surface area contributed by atoms with Gasteiger partial charge in [-0.15, -0.1) is 16.9 Å². The number of hydrogen-bond donors (Lipinski definition) is 0. The number of rotatable bonds is 5. The molecule has 0 aromatic carbocycles. The lowest BCUT2D eigenvalue weighted by molar-refractivity contribution is 0.776. The normalized spacial score (nSPS) is 10.1. The van der Waals surface area contributed by atoms with Crippen molar-refractivity contribution in [3.63, 3.8) is 0 Å². The molecule has 1 rings (SSSR count). The summed E-state index contributed by atoms with van der Waals surface area (Å²) < 4.78 is 0. The second-order valence-electron chi connectivity index (χ2n) is 3.76. The van der Waals surface area contributed by atoms with Gasteiger partial charge in [-0.3, -0.25) is 0 Å². The van der Waals surface area contributed by atoms with E-state index < -0.39 is 0 Å². The largest absolute Gasteiger partial charge is 0.192 e. The lowest BCUT2D eigenvalue weighted by Crippen LogP contribution is -1.99. The van der Waals surface area contributed by atoms with Crippen molar-refractivity contribution in [3.05, 3.63) is 16.8 Å². The van der Waals surface area contributed by atoms with Gasteiger partial charge in [0.15, 0.2) is 0 Å². The summed E-state index contributed by atoms with van der Waals surface area (Å²) in [6.07, 6.45) is 3.61. The predicted octanol–water partition coefficient (Wildman–Crippen LogP) is 3.25. The Hall–Kier alpha value is -1.08. The maximum absolute atomic E-state index is 9.10. The fourth-order valence-electron chi connectivity index (χ4n) is 1.34. The lowest BCUT2D eigenvalue weighted by Gasteiger charge is -2.06. The van der Waals surface area contributed by atoms with Gasteiger partial charge < -0.3 is 0 Å². The molecule has 1 aromatic rings. The van der Waals surface area contributed by atoms with Crippen LogP contribution in [0.5, 0.6) is 0 Å². The second-order valence-corrected chi connectivity index (χ2v) is 4.84. The zero-order valence-corrected chi connectivity index (χ0v) is 10.9. The maximum atomic E-state index is 9.10. The standard InChI is InChI=1S/C12H17N3S/c1-4-5-6-7-16-12-11(8-13)9(2)10(3)14-15-12/h4-7H2,1-3H3. The molecule has 0 aliphatic heterocycles. The summed E-state index contributed by atoms with van der Waals surface area (Å²) in [6, 6.07) is 2.22. The Bertz CT molecular complexity index is 396. The van der Waals surface area contributed by atoms with E-state index in [4.69, 9.17) is 5.26 Å². The van der Waals surface area contributed by atoms with Crippen LogP contribution in [0.3, 0.4) is 0 Å². The molecule has 86 valence electrons. The van der Waals surface area contributed by atoms with E-state index in [-0.39, 0.29) is 0 Å². The highest BCUT2D eigenvalue weighted by Gasteiger charge is 2.10. The van der Waals surface area contributed by atoms with Gasteiger partial charge in [0.2, 0.25) is 0 Å². The predicted molar refractivity (Wildman–Crippen MR) is 66.5 cm³/mol. The molecule has 0 atom stereocenters. The van der Waals surface area contributed by atoms with Crippen molar-refractivity contribution in [2.75, 3.05) is 5.75 Å². The fraction of sp³-hybridized carbons (Fsp3) is 0.583. The van der Waals surface area contributed by atoms with E-state index in [1.165, 1.54) is 19.3 Å². The first-order valence-corrected chi connectivity index (χ1v) is 6.56. The molecular weight excluding hydrogens is 218 g/mol. The van der Waals surface area contributed by atoms with Crippen LogP contribution in [-0.4, -0.2) is 16.0 Å². The highest BCUT2D eigenvalue weighted by molar-refractivity contribution is 7.99. The average molecular weight is 235 g/mol. The Kier molecular flexibility index (Phi) is 5.27. The van der Waals surface area contributed by atoms with E-state index in [2.05, 4.69) is 23.2 Å². The molecule has 0 saturated heterocycles. The molecule has 1 heterocycles. The molecule has 0 fully saturated rings. The molecule has 3 nitrogen and oxygen atoms in total. The number of nitriles is 1. The zero-order chi connectivity index (χ0) is 12.0. The fourth-order valence-corrected chi connectivity index (χ4v) is 2.32. The molecule has 1 aromatic heterocycles. The average Bonchev–Trinajstić information content (AvgIpc) is 2.29. The van der Waals surface area contributed by atoms with Crippen molar-refractivity contribution in [1.29, 1.82) is 5.26 Å². The van der Waals surface area contributed by atoms with Crippen molar-refractivity contribution >= 4 is 11.8 Å². The first kappa shape index (κ1) is 13.0. The summed E-state index contributed by atoms with van der Waals surface area (Å²) in [7, 11) is 0. The topological polar surface area (TPSA) is 49.6 Å². The van der Waals surface area contributed by atoms with Crippen LogP contribution in [0, 0.1) is 25.2 Å². The van der Waals surface area contributed by atoms with Crippen LogP contribution in [0.15, 0.2) is 5.03 Å². The second kappa shape index (κ2) is 6.49. The maximum Gasteiger partial charge on any atom is 0.137 e. The molecule has 0 aliphatic carbocycles.